The number of benzene rings is 1. The van der Waals surface area contributed by atoms with Gasteiger partial charge >= 0.3 is 0 Å². The van der Waals surface area contributed by atoms with Crippen LogP contribution >= 0.6 is 0 Å². The third-order valence-electron chi connectivity index (χ3n) is 5.93. The van der Waals surface area contributed by atoms with Crippen LogP contribution in [0.1, 0.15) is 29.7 Å². The van der Waals surface area contributed by atoms with Gasteiger partial charge in [0.15, 0.2) is 17.3 Å². The predicted octanol–water partition coefficient (Wildman–Crippen LogP) is 3.57. The van der Waals surface area contributed by atoms with Gasteiger partial charge in [0.2, 0.25) is 11.7 Å². The second-order valence-corrected chi connectivity index (χ2v) is 7.59. The molecule has 29 heavy (non-hydrogen) atoms. The molecule has 1 saturated carbocycles. The molecular formula is C22H22N2O5. The maximum absolute atomic E-state index is 13.4. The average molecular weight is 394 g/mol. The van der Waals surface area contributed by atoms with Gasteiger partial charge in [-0.05, 0) is 54.7 Å². The number of carbonyl (C=O) groups is 1. The fraction of sp³-hybridized carbons (Fsp3) is 0.364. The molecule has 2 aromatic heterocycles. The molecule has 0 spiro atoms. The topological polar surface area (TPSA) is 77.9 Å². The summed E-state index contributed by atoms with van der Waals surface area (Å²) in [6, 6.07) is 9.42. The van der Waals surface area contributed by atoms with Gasteiger partial charge < -0.3 is 23.3 Å². The van der Waals surface area contributed by atoms with Crippen LogP contribution in [-0.2, 0) is 23.2 Å². The van der Waals surface area contributed by atoms with Gasteiger partial charge in [0.1, 0.15) is 0 Å². The molecule has 0 unspecified atom stereocenters. The predicted molar refractivity (Wildman–Crippen MR) is 104 cm³/mol. The monoisotopic (exact) mass is 394 g/mol. The van der Waals surface area contributed by atoms with Crippen LogP contribution in [0.5, 0.6) is 11.5 Å². The molecule has 7 heteroatoms. The van der Waals surface area contributed by atoms with E-state index in [2.05, 4.69) is 5.16 Å². The lowest BCUT2D eigenvalue weighted by molar-refractivity contribution is -0.135. The van der Waals surface area contributed by atoms with Crippen LogP contribution in [0, 0.1) is 0 Å². The Labute approximate surface area is 168 Å². The maximum atomic E-state index is 13.4. The van der Waals surface area contributed by atoms with Crippen molar-refractivity contribution in [1.82, 2.24) is 10.1 Å². The molecule has 0 atom stereocenters. The van der Waals surface area contributed by atoms with E-state index in [4.69, 9.17) is 18.4 Å². The Bertz CT molecular complexity index is 1050. The van der Waals surface area contributed by atoms with Crippen LogP contribution < -0.4 is 9.47 Å². The highest BCUT2D eigenvalue weighted by molar-refractivity contribution is 5.91. The number of nitrogens with zero attached hydrogens (tertiary/aromatic N) is 2. The first-order chi connectivity index (χ1) is 14.1. The zero-order valence-corrected chi connectivity index (χ0v) is 16.4. The SMILES string of the molecule is COc1cc2c(cc1OC)CN(C(=O)C1(c3cc(-c4ccco4)on3)CC1)CC2. The number of ether oxygens (including phenoxy) is 2. The minimum absolute atomic E-state index is 0.109. The lowest BCUT2D eigenvalue weighted by atomic mass is 9.95. The van der Waals surface area contributed by atoms with Crippen LogP contribution in [0.2, 0.25) is 0 Å². The highest BCUT2D eigenvalue weighted by Crippen LogP contribution is 2.50. The van der Waals surface area contributed by atoms with Crippen LogP contribution in [0.4, 0.5) is 0 Å². The van der Waals surface area contributed by atoms with Crippen molar-refractivity contribution in [2.24, 2.45) is 0 Å². The van der Waals surface area contributed by atoms with E-state index in [0.29, 0.717) is 36.1 Å². The zero-order chi connectivity index (χ0) is 20.0. The van der Waals surface area contributed by atoms with Crippen molar-refractivity contribution in [2.45, 2.75) is 31.2 Å². The lowest BCUT2D eigenvalue weighted by Crippen LogP contribution is -2.42. The van der Waals surface area contributed by atoms with E-state index in [-0.39, 0.29) is 5.91 Å². The largest absolute Gasteiger partial charge is 0.493 e. The Kier molecular flexibility index (Phi) is 4.12. The Morgan fingerprint density at radius 1 is 1.10 bits per heavy atom. The molecule has 5 rings (SSSR count). The van der Waals surface area contributed by atoms with Gasteiger partial charge in [-0.25, -0.2) is 0 Å². The van der Waals surface area contributed by atoms with E-state index >= 15 is 0 Å². The molecule has 1 aromatic carbocycles. The molecule has 1 aliphatic carbocycles. The second-order valence-electron chi connectivity index (χ2n) is 7.59. The molecule has 0 radical (unpaired) electrons. The number of rotatable bonds is 5. The van der Waals surface area contributed by atoms with Gasteiger partial charge in [-0.15, -0.1) is 0 Å². The van der Waals surface area contributed by atoms with E-state index in [1.165, 1.54) is 5.56 Å². The molecule has 0 bridgehead atoms. The van der Waals surface area contributed by atoms with Crippen molar-refractivity contribution in [3.05, 3.63) is 53.4 Å². The fourth-order valence-electron chi connectivity index (χ4n) is 4.10. The third kappa shape index (κ3) is 2.88. The number of hydrogen-bond donors (Lipinski definition) is 0. The van der Waals surface area contributed by atoms with Gasteiger partial charge in [0.05, 0.1) is 31.6 Å². The third-order valence-corrected chi connectivity index (χ3v) is 5.93. The molecule has 3 aromatic rings. The quantitative estimate of drug-likeness (QED) is 0.658. The van der Waals surface area contributed by atoms with Crippen molar-refractivity contribution in [1.29, 1.82) is 0 Å². The number of fused-ring (bicyclic) bond motifs is 1. The molecule has 0 N–H and O–H groups in total. The Balaban J connectivity index is 1.39. The number of methoxy groups -OCH3 is 2. The minimum atomic E-state index is -0.581. The van der Waals surface area contributed by atoms with Crippen molar-refractivity contribution in [3.63, 3.8) is 0 Å². The molecule has 1 amide bonds. The first-order valence-corrected chi connectivity index (χ1v) is 9.69. The Morgan fingerprint density at radius 2 is 1.86 bits per heavy atom. The van der Waals surface area contributed by atoms with Gasteiger partial charge in [0, 0.05) is 19.2 Å². The summed E-state index contributed by atoms with van der Waals surface area (Å²) in [5.41, 5.74) is 2.39. The second kappa shape index (κ2) is 6.69. The van der Waals surface area contributed by atoms with E-state index < -0.39 is 5.41 Å². The number of aromatic nitrogens is 1. The average Bonchev–Trinajstić information content (AvgIpc) is 3.16. The summed E-state index contributed by atoms with van der Waals surface area (Å²) in [6.07, 6.45) is 3.94. The standard InChI is InChI=1S/C22H22N2O5/c1-26-17-10-14-5-8-24(13-15(14)11-18(17)27-2)21(25)22(6-7-22)20-12-19(29-23-20)16-4-3-9-28-16/h3-4,9-12H,5-8,13H2,1-2H3. The zero-order valence-electron chi connectivity index (χ0n) is 16.4. The van der Waals surface area contributed by atoms with Gasteiger partial charge in [-0.3, -0.25) is 4.79 Å². The molecular weight excluding hydrogens is 372 g/mol. The fourth-order valence-corrected chi connectivity index (χ4v) is 4.10. The van der Waals surface area contributed by atoms with Crippen LogP contribution in [-0.4, -0.2) is 36.7 Å². The molecule has 3 heterocycles. The van der Waals surface area contributed by atoms with Gasteiger partial charge in [-0.1, -0.05) is 5.16 Å². The first-order valence-electron chi connectivity index (χ1n) is 9.69. The summed E-state index contributed by atoms with van der Waals surface area (Å²) >= 11 is 0. The van der Waals surface area contributed by atoms with Crippen molar-refractivity contribution >= 4 is 5.91 Å². The van der Waals surface area contributed by atoms with Gasteiger partial charge in [0.25, 0.3) is 0 Å². The van der Waals surface area contributed by atoms with Crippen molar-refractivity contribution in [2.75, 3.05) is 20.8 Å². The van der Waals surface area contributed by atoms with Crippen molar-refractivity contribution < 1.29 is 23.2 Å². The summed E-state index contributed by atoms with van der Waals surface area (Å²) in [6.45, 7) is 1.23. The number of hydrogen-bond acceptors (Lipinski definition) is 6. The molecule has 7 nitrogen and oxygen atoms in total. The number of carbonyl (C=O) groups excluding carboxylic acids is 1. The van der Waals surface area contributed by atoms with E-state index in [1.54, 1.807) is 26.5 Å². The number of amides is 1. The summed E-state index contributed by atoms with van der Waals surface area (Å²) in [4.78, 5) is 15.3. The molecule has 1 aliphatic heterocycles. The minimum Gasteiger partial charge on any atom is -0.493 e. The van der Waals surface area contributed by atoms with Crippen molar-refractivity contribution in [3.8, 4) is 23.0 Å². The summed E-state index contributed by atoms with van der Waals surface area (Å²) in [5, 5.41) is 4.20. The van der Waals surface area contributed by atoms with Gasteiger partial charge in [-0.2, -0.15) is 0 Å². The highest BCUT2D eigenvalue weighted by atomic mass is 16.5. The highest BCUT2D eigenvalue weighted by Gasteiger charge is 2.55. The molecule has 1 fully saturated rings. The number of furan rings is 1. The maximum Gasteiger partial charge on any atom is 0.235 e. The van der Waals surface area contributed by atoms with Crippen LogP contribution in [0.25, 0.3) is 11.5 Å². The summed E-state index contributed by atoms with van der Waals surface area (Å²) in [5.74, 6) is 2.67. The molecule has 0 saturated heterocycles. The smallest absolute Gasteiger partial charge is 0.235 e. The molecule has 2 aliphatic rings. The van der Waals surface area contributed by atoms with E-state index in [9.17, 15) is 4.79 Å². The normalized spacial score (nSPS) is 17.0. The lowest BCUT2D eigenvalue weighted by Gasteiger charge is -2.32. The summed E-state index contributed by atoms with van der Waals surface area (Å²) < 4.78 is 21.6. The van der Waals surface area contributed by atoms with Crippen LogP contribution in [0.15, 0.2) is 45.5 Å². The Morgan fingerprint density at radius 3 is 2.52 bits per heavy atom. The van der Waals surface area contributed by atoms with E-state index in [0.717, 1.165) is 30.6 Å². The van der Waals surface area contributed by atoms with E-state index in [1.807, 2.05) is 29.2 Å². The molecule has 150 valence electrons. The first kappa shape index (κ1) is 17.8. The summed E-state index contributed by atoms with van der Waals surface area (Å²) in [7, 11) is 3.25. The Hall–Kier alpha value is -3.22. The van der Waals surface area contributed by atoms with Crippen LogP contribution in [0.3, 0.4) is 0 Å².